The number of ether oxygens (including phenoxy) is 3. The maximum Gasteiger partial charge on any atom is 0.336 e. The summed E-state index contributed by atoms with van der Waals surface area (Å²) in [5.74, 6) is 0.493. The average Bonchev–Trinajstić information content (AvgIpc) is 2.90. The van der Waals surface area contributed by atoms with Gasteiger partial charge in [-0.1, -0.05) is 25.1 Å². The topological polar surface area (TPSA) is 73.9 Å². The quantitative estimate of drug-likeness (QED) is 0.361. The second-order valence-corrected chi connectivity index (χ2v) is 9.92. The van der Waals surface area contributed by atoms with Crippen LogP contribution in [0.1, 0.15) is 56.1 Å². The second kappa shape index (κ2) is 11.2. The van der Waals surface area contributed by atoms with E-state index in [1.807, 2.05) is 62.6 Å². The number of methoxy groups -OCH3 is 2. The maximum atomic E-state index is 13.8. The van der Waals surface area contributed by atoms with E-state index in [9.17, 15) is 9.59 Å². The van der Waals surface area contributed by atoms with E-state index in [1.54, 1.807) is 26.0 Å². The molecule has 0 saturated carbocycles. The zero-order valence-electron chi connectivity index (χ0n) is 21.5. The van der Waals surface area contributed by atoms with Crippen LogP contribution in [0, 0.1) is 0 Å². The van der Waals surface area contributed by atoms with E-state index >= 15 is 0 Å². The minimum atomic E-state index is -0.458. The molecule has 1 aliphatic carbocycles. The van der Waals surface area contributed by atoms with Gasteiger partial charge in [-0.2, -0.15) is 0 Å². The van der Waals surface area contributed by atoms with Crippen LogP contribution in [-0.4, -0.2) is 38.8 Å². The molecule has 0 fully saturated rings. The molecule has 0 radical (unpaired) electrons. The molecule has 7 heteroatoms. The summed E-state index contributed by atoms with van der Waals surface area (Å²) in [6.07, 6.45) is 3.77. The summed E-state index contributed by atoms with van der Waals surface area (Å²) >= 11 is 1.66. The van der Waals surface area contributed by atoms with Gasteiger partial charge in [0.25, 0.3) is 0 Å². The van der Waals surface area contributed by atoms with Gasteiger partial charge in [0.1, 0.15) is 0 Å². The monoisotopic (exact) mass is 507 g/mol. The minimum Gasteiger partial charge on any atom is -0.493 e. The third-order valence-corrected chi connectivity index (χ3v) is 7.56. The summed E-state index contributed by atoms with van der Waals surface area (Å²) in [6, 6.07) is 13.9. The number of dihydropyridines is 1. The second-order valence-electron chi connectivity index (χ2n) is 9.04. The first-order valence-corrected chi connectivity index (χ1v) is 13.4. The number of Topliss-reactive ketones (excluding diaryl/α,β-unsaturated/α-hetero) is 1. The molecule has 0 spiro atoms. The summed E-state index contributed by atoms with van der Waals surface area (Å²) in [5.41, 5.74) is 4.71. The van der Waals surface area contributed by atoms with Crippen molar-refractivity contribution < 1.29 is 23.8 Å². The summed E-state index contributed by atoms with van der Waals surface area (Å²) in [5, 5.41) is 3.41. The van der Waals surface area contributed by atoms with Gasteiger partial charge in [-0.05, 0) is 67.3 Å². The molecular formula is C29H33NO5S. The van der Waals surface area contributed by atoms with E-state index in [4.69, 9.17) is 14.2 Å². The van der Waals surface area contributed by atoms with Crippen molar-refractivity contribution in [1.29, 1.82) is 0 Å². The van der Waals surface area contributed by atoms with Crippen LogP contribution >= 0.6 is 11.8 Å². The molecule has 6 nitrogen and oxygen atoms in total. The highest BCUT2D eigenvalue weighted by Gasteiger charge is 2.41. The first-order chi connectivity index (χ1) is 17.4. The zero-order chi connectivity index (χ0) is 25.8. The van der Waals surface area contributed by atoms with Crippen molar-refractivity contribution in [3.8, 4) is 11.5 Å². The number of carbonyl (C=O) groups is 2. The van der Waals surface area contributed by atoms with Gasteiger partial charge >= 0.3 is 5.97 Å². The Hall–Kier alpha value is -3.19. The Labute approximate surface area is 217 Å². The van der Waals surface area contributed by atoms with Gasteiger partial charge < -0.3 is 19.5 Å². The van der Waals surface area contributed by atoms with Gasteiger partial charge in [-0.15, -0.1) is 11.8 Å². The van der Waals surface area contributed by atoms with Crippen molar-refractivity contribution in [2.45, 2.75) is 49.8 Å². The molecule has 1 aliphatic heterocycles. The molecule has 0 unspecified atom stereocenters. The molecule has 0 saturated heterocycles. The Kier molecular flexibility index (Phi) is 8.09. The summed E-state index contributed by atoms with van der Waals surface area (Å²) in [4.78, 5) is 28.1. The fraction of sp³-hybridized carbons (Fsp3) is 0.379. The number of benzene rings is 2. The lowest BCUT2D eigenvalue weighted by Crippen LogP contribution is -2.36. The molecule has 190 valence electrons. The Morgan fingerprint density at radius 3 is 2.36 bits per heavy atom. The van der Waals surface area contributed by atoms with Gasteiger partial charge in [-0.25, -0.2) is 4.79 Å². The molecule has 2 aromatic carbocycles. The molecular weight excluding hydrogens is 474 g/mol. The number of nitrogens with one attached hydrogen (secondary N) is 1. The van der Waals surface area contributed by atoms with Gasteiger partial charge in [0.05, 0.1) is 26.4 Å². The molecule has 2 aliphatic rings. The lowest BCUT2D eigenvalue weighted by atomic mass is 9.71. The first kappa shape index (κ1) is 25.9. The van der Waals surface area contributed by atoms with Gasteiger partial charge in [0.2, 0.25) is 0 Å². The maximum absolute atomic E-state index is 13.8. The smallest absolute Gasteiger partial charge is 0.336 e. The van der Waals surface area contributed by atoms with Crippen LogP contribution in [0.5, 0.6) is 11.5 Å². The van der Waals surface area contributed by atoms with E-state index in [1.165, 1.54) is 0 Å². The van der Waals surface area contributed by atoms with Crippen LogP contribution in [0.25, 0.3) is 0 Å². The molecule has 2 aromatic rings. The summed E-state index contributed by atoms with van der Waals surface area (Å²) in [7, 11) is 3.21. The molecule has 0 aromatic heterocycles. The highest BCUT2D eigenvalue weighted by Crippen LogP contribution is 2.46. The van der Waals surface area contributed by atoms with Crippen LogP contribution in [-0.2, 0) is 14.3 Å². The average molecular weight is 508 g/mol. The van der Waals surface area contributed by atoms with Gasteiger partial charge in [-0.3, -0.25) is 4.79 Å². The number of rotatable bonds is 8. The van der Waals surface area contributed by atoms with Gasteiger partial charge in [0, 0.05) is 34.2 Å². The number of ketones is 1. The molecule has 1 N–H and O–H groups in total. The van der Waals surface area contributed by atoms with Crippen molar-refractivity contribution in [2.75, 3.05) is 27.1 Å². The number of allylic oxidation sites excluding steroid dienone is 3. The third kappa shape index (κ3) is 5.03. The summed E-state index contributed by atoms with van der Waals surface area (Å²) < 4.78 is 16.4. The standard InChI is InChI=1S/C29H33NO5S/c1-6-13-35-29(32)26-17(2)30-22-14-20(19-9-12-24(33-3)25(16-19)34-4)15-23(31)28(22)27(26)18-7-10-21(36-5)11-8-18/h7-12,16,20,27,30H,6,13-15H2,1-5H3/t20-,27-/m0/s1. The SMILES string of the molecule is CCCOC(=O)C1=C(C)NC2=C(C(=O)C[C@@H](c3ccc(OC)c(OC)c3)C2)[C@H]1c1ccc(SC)cc1. The van der Waals surface area contributed by atoms with Crippen molar-refractivity contribution in [1.82, 2.24) is 5.32 Å². The molecule has 4 rings (SSSR count). The van der Waals surface area contributed by atoms with E-state index in [0.29, 0.717) is 42.1 Å². The predicted molar refractivity (Wildman–Crippen MR) is 142 cm³/mol. The molecule has 0 bridgehead atoms. The molecule has 0 amide bonds. The zero-order valence-corrected chi connectivity index (χ0v) is 22.3. The molecule has 1 heterocycles. The Morgan fingerprint density at radius 1 is 1.03 bits per heavy atom. The number of hydrogen-bond donors (Lipinski definition) is 1. The van der Waals surface area contributed by atoms with Crippen LogP contribution in [0.15, 0.2) is 69.9 Å². The summed E-state index contributed by atoms with van der Waals surface area (Å²) in [6.45, 7) is 4.20. The van der Waals surface area contributed by atoms with Crippen molar-refractivity contribution >= 4 is 23.5 Å². The van der Waals surface area contributed by atoms with Crippen molar-refractivity contribution in [3.63, 3.8) is 0 Å². The van der Waals surface area contributed by atoms with E-state index in [0.717, 1.165) is 33.8 Å². The minimum absolute atomic E-state index is 0.00975. The fourth-order valence-corrected chi connectivity index (χ4v) is 5.46. The first-order valence-electron chi connectivity index (χ1n) is 12.2. The Bertz CT molecular complexity index is 1210. The van der Waals surface area contributed by atoms with E-state index in [2.05, 4.69) is 5.32 Å². The molecule has 2 atom stereocenters. The lowest BCUT2D eigenvalue weighted by Gasteiger charge is -2.36. The van der Waals surface area contributed by atoms with Gasteiger partial charge in [0.15, 0.2) is 17.3 Å². The number of carbonyl (C=O) groups excluding carboxylic acids is 2. The van der Waals surface area contributed by atoms with Crippen LogP contribution < -0.4 is 14.8 Å². The Morgan fingerprint density at radius 2 is 1.72 bits per heavy atom. The largest absolute Gasteiger partial charge is 0.493 e. The number of hydrogen-bond acceptors (Lipinski definition) is 7. The van der Waals surface area contributed by atoms with Crippen LogP contribution in [0.4, 0.5) is 0 Å². The highest BCUT2D eigenvalue weighted by atomic mass is 32.2. The van der Waals surface area contributed by atoms with E-state index in [-0.39, 0.29) is 17.7 Å². The number of thioether (sulfide) groups is 1. The van der Waals surface area contributed by atoms with Crippen LogP contribution in [0.3, 0.4) is 0 Å². The van der Waals surface area contributed by atoms with E-state index < -0.39 is 5.92 Å². The Balaban J connectivity index is 1.75. The van der Waals surface area contributed by atoms with Crippen molar-refractivity contribution in [3.05, 3.63) is 76.1 Å². The third-order valence-electron chi connectivity index (χ3n) is 6.81. The highest BCUT2D eigenvalue weighted by molar-refractivity contribution is 7.98. The fourth-order valence-electron chi connectivity index (χ4n) is 5.05. The lowest BCUT2D eigenvalue weighted by molar-refractivity contribution is -0.139. The number of esters is 1. The van der Waals surface area contributed by atoms with Crippen LogP contribution in [0.2, 0.25) is 0 Å². The normalized spacial score (nSPS) is 19.5. The molecule has 36 heavy (non-hydrogen) atoms. The van der Waals surface area contributed by atoms with Crippen molar-refractivity contribution in [2.24, 2.45) is 0 Å². The predicted octanol–water partition coefficient (Wildman–Crippen LogP) is 5.74.